The lowest BCUT2D eigenvalue weighted by atomic mass is 10.3. The van der Waals surface area contributed by atoms with E-state index in [9.17, 15) is 0 Å². The van der Waals surface area contributed by atoms with Crippen molar-refractivity contribution in [3.63, 3.8) is 0 Å². The van der Waals surface area contributed by atoms with Gasteiger partial charge in [0.15, 0.2) is 0 Å². The van der Waals surface area contributed by atoms with Crippen LogP contribution >= 0.6 is 0 Å². The Hall–Kier alpha value is -1.06. The van der Waals surface area contributed by atoms with E-state index in [1.807, 2.05) is 44.4 Å². The van der Waals surface area contributed by atoms with Crippen molar-refractivity contribution in [1.29, 1.82) is 0 Å². The number of hydrogen-bond acceptors (Lipinski definition) is 3. The zero-order valence-corrected chi connectivity index (χ0v) is 6.74. The van der Waals surface area contributed by atoms with Crippen molar-refractivity contribution in [2.24, 2.45) is 0 Å². The van der Waals surface area contributed by atoms with Crippen LogP contribution in [0.1, 0.15) is 0 Å². The molecule has 0 radical (unpaired) electrons. The van der Waals surface area contributed by atoms with Crippen molar-refractivity contribution in [3.05, 3.63) is 30.3 Å². The maximum Gasteiger partial charge on any atom is 0.149 e. The number of nitrogens with one attached hydrogen (secondary N) is 1. The highest BCUT2D eigenvalue weighted by Gasteiger charge is 1.89. The first-order chi connectivity index (χ1) is 5.29. The van der Waals surface area contributed by atoms with Crippen LogP contribution in [0.3, 0.4) is 0 Å². The molecule has 60 valence electrons. The van der Waals surface area contributed by atoms with E-state index in [1.165, 1.54) is 0 Å². The molecule has 0 fully saturated rings. The quantitative estimate of drug-likeness (QED) is 0.655. The van der Waals surface area contributed by atoms with Crippen molar-refractivity contribution in [3.8, 4) is 5.75 Å². The Morgan fingerprint density at radius 1 is 1.18 bits per heavy atom. The highest BCUT2D eigenvalue weighted by atomic mass is 16.7. The van der Waals surface area contributed by atoms with E-state index in [0.29, 0.717) is 0 Å². The second kappa shape index (κ2) is 3.95. The molecule has 1 aromatic carbocycles. The average Bonchev–Trinajstić information content (AvgIpc) is 2.03. The third-order valence-corrected chi connectivity index (χ3v) is 1.09. The summed E-state index contributed by atoms with van der Waals surface area (Å²) in [4.78, 5) is 5.14. The summed E-state index contributed by atoms with van der Waals surface area (Å²) in [6, 6.07) is 9.56. The summed E-state index contributed by atoms with van der Waals surface area (Å²) in [5.74, 6) is 0.807. The van der Waals surface area contributed by atoms with Gasteiger partial charge in [-0.2, -0.15) is 0 Å². The zero-order chi connectivity index (χ0) is 8.10. The minimum Gasteiger partial charge on any atom is -0.394 e. The van der Waals surface area contributed by atoms with Crippen LogP contribution in [0.2, 0.25) is 0 Å². The van der Waals surface area contributed by atoms with Crippen molar-refractivity contribution in [2.45, 2.75) is 0 Å². The number of para-hydroxylation sites is 1. The van der Waals surface area contributed by atoms with E-state index < -0.39 is 0 Å². The van der Waals surface area contributed by atoms with E-state index in [2.05, 4.69) is 5.59 Å². The maximum absolute atomic E-state index is 5.14. The lowest BCUT2D eigenvalue weighted by Crippen LogP contribution is -2.33. The fourth-order valence-electron chi connectivity index (χ4n) is 0.633. The molecule has 0 bridgehead atoms. The average molecular weight is 152 g/mol. The van der Waals surface area contributed by atoms with E-state index in [4.69, 9.17) is 4.84 Å². The molecule has 0 aliphatic carbocycles. The van der Waals surface area contributed by atoms with E-state index in [1.54, 1.807) is 5.01 Å². The van der Waals surface area contributed by atoms with Crippen LogP contribution in [0.25, 0.3) is 0 Å². The molecule has 0 unspecified atom stereocenters. The first-order valence-electron chi connectivity index (χ1n) is 3.44. The second-order valence-corrected chi connectivity index (χ2v) is 2.40. The van der Waals surface area contributed by atoms with Gasteiger partial charge in [0, 0.05) is 14.1 Å². The Balaban J connectivity index is 2.39. The van der Waals surface area contributed by atoms with E-state index >= 15 is 0 Å². The molecule has 3 heteroatoms. The van der Waals surface area contributed by atoms with Crippen LogP contribution in [-0.4, -0.2) is 19.1 Å². The van der Waals surface area contributed by atoms with Gasteiger partial charge in [0.1, 0.15) is 5.75 Å². The summed E-state index contributed by atoms with van der Waals surface area (Å²) in [5.41, 5.74) is 2.70. The Kier molecular flexibility index (Phi) is 2.89. The smallest absolute Gasteiger partial charge is 0.149 e. The molecule has 0 spiro atoms. The van der Waals surface area contributed by atoms with E-state index in [-0.39, 0.29) is 0 Å². The lowest BCUT2D eigenvalue weighted by molar-refractivity contribution is 0.0434. The van der Waals surface area contributed by atoms with Crippen LogP contribution < -0.4 is 10.4 Å². The van der Waals surface area contributed by atoms with Gasteiger partial charge in [0.05, 0.1) is 0 Å². The van der Waals surface area contributed by atoms with Gasteiger partial charge in [-0.05, 0) is 12.1 Å². The fraction of sp³-hybridized carbons (Fsp3) is 0.250. The summed E-state index contributed by atoms with van der Waals surface area (Å²) in [6.07, 6.45) is 0. The summed E-state index contributed by atoms with van der Waals surface area (Å²) < 4.78 is 0. The van der Waals surface area contributed by atoms with Gasteiger partial charge < -0.3 is 4.84 Å². The van der Waals surface area contributed by atoms with Crippen LogP contribution in [-0.2, 0) is 0 Å². The maximum atomic E-state index is 5.14. The molecule has 11 heavy (non-hydrogen) atoms. The van der Waals surface area contributed by atoms with Crippen molar-refractivity contribution in [2.75, 3.05) is 14.1 Å². The molecule has 0 aliphatic heterocycles. The molecule has 1 aromatic rings. The fourth-order valence-corrected chi connectivity index (χ4v) is 0.633. The minimum atomic E-state index is 0.807. The topological polar surface area (TPSA) is 24.5 Å². The molecule has 0 saturated carbocycles. The van der Waals surface area contributed by atoms with Crippen LogP contribution in [0, 0.1) is 0 Å². The standard InChI is InChI=1S/C8H12N2O/c1-10(2)9-11-8-6-4-3-5-7-8/h3-7,9H,1-2H3. The zero-order valence-electron chi connectivity index (χ0n) is 6.74. The van der Waals surface area contributed by atoms with Crippen LogP contribution in [0.4, 0.5) is 0 Å². The molecular weight excluding hydrogens is 140 g/mol. The molecule has 3 nitrogen and oxygen atoms in total. The van der Waals surface area contributed by atoms with Crippen molar-refractivity contribution >= 4 is 0 Å². The third-order valence-electron chi connectivity index (χ3n) is 1.09. The predicted octanol–water partition coefficient (Wildman–Crippen LogP) is 1.05. The van der Waals surface area contributed by atoms with Gasteiger partial charge >= 0.3 is 0 Å². The monoisotopic (exact) mass is 152 g/mol. The Labute approximate surface area is 66.5 Å². The summed E-state index contributed by atoms with van der Waals surface area (Å²) >= 11 is 0. The number of nitrogens with zero attached hydrogens (tertiary/aromatic N) is 1. The third kappa shape index (κ3) is 3.02. The van der Waals surface area contributed by atoms with Crippen molar-refractivity contribution < 1.29 is 4.84 Å². The largest absolute Gasteiger partial charge is 0.394 e. The first-order valence-corrected chi connectivity index (χ1v) is 3.44. The molecule has 0 aromatic heterocycles. The molecule has 1 rings (SSSR count). The number of hydrogen-bond donors (Lipinski definition) is 1. The molecule has 1 N–H and O–H groups in total. The molecule has 0 atom stereocenters. The highest BCUT2D eigenvalue weighted by Crippen LogP contribution is 2.05. The Morgan fingerprint density at radius 3 is 2.36 bits per heavy atom. The van der Waals surface area contributed by atoms with Gasteiger partial charge in [-0.3, -0.25) is 0 Å². The van der Waals surface area contributed by atoms with Gasteiger partial charge in [-0.1, -0.05) is 23.8 Å². The minimum absolute atomic E-state index is 0.807. The number of benzene rings is 1. The molecular formula is C8H12N2O. The first kappa shape index (κ1) is 8.04. The number of hydrazine groups is 1. The van der Waals surface area contributed by atoms with Gasteiger partial charge in [-0.25, -0.2) is 5.01 Å². The molecule has 0 heterocycles. The van der Waals surface area contributed by atoms with Gasteiger partial charge in [0.2, 0.25) is 0 Å². The van der Waals surface area contributed by atoms with Gasteiger partial charge in [0.25, 0.3) is 0 Å². The normalized spacial score (nSPS) is 10.1. The van der Waals surface area contributed by atoms with Crippen LogP contribution in [0.5, 0.6) is 5.75 Å². The SMILES string of the molecule is CN(C)NOc1ccccc1. The number of rotatable bonds is 3. The van der Waals surface area contributed by atoms with E-state index in [0.717, 1.165) is 5.75 Å². The van der Waals surface area contributed by atoms with Gasteiger partial charge in [-0.15, -0.1) is 0 Å². The highest BCUT2D eigenvalue weighted by molar-refractivity contribution is 5.20. The molecule has 0 saturated heterocycles. The summed E-state index contributed by atoms with van der Waals surface area (Å²) in [7, 11) is 3.73. The Bertz CT molecular complexity index is 199. The molecule has 0 aliphatic rings. The molecule has 0 amide bonds. The lowest BCUT2D eigenvalue weighted by Gasteiger charge is -2.11. The predicted molar refractivity (Wildman–Crippen MR) is 43.9 cm³/mol. The van der Waals surface area contributed by atoms with Crippen LogP contribution in [0.15, 0.2) is 30.3 Å². The summed E-state index contributed by atoms with van der Waals surface area (Å²) in [6.45, 7) is 0. The van der Waals surface area contributed by atoms with Crippen molar-refractivity contribution in [1.82, 2.24) is 10.6 Å². The second-order valence-electron chi connectivity index (χ2n) is 2.40. The Morgan fingerprint density at radius 2 is 1.82 bits per heavy atom. The summed E-state index contributed by atoms with van der Waals surface area (Å²) in [5, 5.41) is 1.73.